The molecule has 1 heterocycles. The number of carbonyl (C=O) groups excluding carboxylic acids is 1. The zero-order valence-electron chi connectivity index (χ0n) is 15.0. The summed E-state index contributed by atoms with van der Waals surface area (Å²) in [5, 5.41) is 6.70. The summed E-state index contributed by atoms with van der Waals surface area (Å²) in [6.45, 7) is 2.39. The quantitative estimate of drug-likeness (QED) is 0.720. The second-order valence-corrected chi connectivity index (χ2v) is 6.01. The Morgan fingerprint density at radius 3 is 2.26 bits per heavy atom. The largest absolute Gasteiger partial charge is 0.352 e. The van der Waals surface area contributed by atoms with Crippen molar-refractivity contribution in [3.8, 4) is 5.69 Å². The van der Waals surface area contributed by atoms with Crippen LogP contribution in [0, 0.1) is 0 Å². The summed E-state index contributed by atoms with van der Waals surface area (Å²) >= 11 is 0. The summed E-state index contributed by atoms with van der Waals surface area (Å²) in [5.74, 6) is -0.589. The molecule has 0 unspecified atom stereocenters. The Morgan fingerprint density at radius 1 is 1.00 bits per heavy atom. The number of carbonyl (C=O) groups is 1. The summed E-state index contributed by atoms with van der Waals surface area (Å²) in [6.07, 6.45) is 0.724. The van der Waals surface area contributed by atoms with Gasteiger partial charge in [-0.1, -0.05) is 55.5 Å². The van der Waals surface area contributed by atoms with Crippen molar-refractivity contribution in [1.82, 2.24) is 19.7 Å². The molecular weight excluding hydrogens is 344 g/mol. The molecule has 0 aliphatic rings. The van der Waals surface area contributed by atoms with Crippen molar-refractivity contribution in [1.29, 1.82) is 0 Å². The Labute approximate surface area is 155 Å². The molecule has 0 saturated heterocycles. The maximum atomic E-state index is 12.9. The van der Waals surface area contributed by atoms with Crippen molar-refractivity contribution >= 4 is 5.91 Å². The first-order chi connectivity index (χ1) is 13.1. The number of nitrogens with zero attached hydrogens (tertiary/aromatic N) is 3. The van der Waals surface area contributed by atoms with E-state index >= 15 is 0 Å². The van der Waals surface area contributed by atoms with Gasteiger partial charge < -0.3 is 5.32 Å². The third kappa shape index (κ3) is 4.03. The Kier molecular flexibility index (Phi) is 5.61. The van der Waals surface area contributed by atoms with E-state index in [0.29, 0.717) is 12.2 Å². The Bertz CT molecular complexity index is 1040. The average Bonchev–Trinajstić information content (AvgIpc) is 2.71. The smallest absolute Gasteiger partial charge is 0.350 e. The monoisotopic (exact) mass is 364 g/mol. The summed E-state index contributed by atoms with van der Waals surface area (Å²) in [5.41, 5.74) is -0.342. The van der Waals surface area contributed by atoms with E-state index in [1.54, 1.807) is 24.3 Å². The van der Waals surface area contributed by atoms with Crippen LogP contribution in [-0.2, 0) is 6.54 Å². The molecule has 27 heavy (non-hydrogen) atoms. The van der Waals surface area contributed by atoms with Crippen LogP contribution in [-0.4, -0.2) is 26.8 Å². The van der Waals surface area contributed by atoms with E-state index in [0.717, 1.165) is 21.2 Å². The molecular formula is C20H20N4O3. The van der Waals surface area contributed by atoms with Crippen LogP contribution in [0.15, 0.2) is 70.3 Å². The van der Waals surface area contributed by atoms with Gasteiger partial charge in [0.1, 0.15) is 0 Å². The van der Waals surface area contributed by atoms with Crippen molar-refractivity contribution in [2.45, 2.75) is 19.9 Å². The first-order valence-corrected chi connectivity index (χ1v) is 8.73. The molecule has 0 aliphatic carbocycles. The molecule has 7 heteroatoms. The lowest BCUT2D eigenvalue weighted by molar-refractivity contribution is 0.0944. The predicted molar refractivity (Wildman–Crippen MR) is 102 cm³/mol. The predicted octanol–water partition coefficient (Wildman–Crippen LogP) is 1.58. The first-order valence-electron chi connectivity index (χ1n) is 8.73. The van der Waals surface area contributed by atoms with Gasteiger partial charge in [0, 0.05) is 6.54 Å². The van der Waals surface area contributed by atoms with Crippen LogP contribution in [0.1, 0.15) is 29.4 Å². The Morgan fingerprint density at radius 2 is 1.63 bits per heavy atom. The van der Waals surface area contributed by atoms with Crippen LogP contribution in [0.5, 0.6) is 0 Å². The topological polar surface area (TPSA) is 86.0 Å². The highest BCUT2D eigenvalue weighted by Gasteiger charge is 2.20. The van der Waals surface area contributed by atoms with Gasteiger partial charge in [0.2, 0.25) is 5.69 Å². The summed E-state index contributed by atoms with van der Waals surface area (Å²) in [6, 6.07) is 17.8. The van der Waals surface area contributed by atoms with Gasteiger partial charge in [0.05, 0.1) is 12.2 Å². The van der Waals surface area contributed by atoms with E-state index in [9.17, 15) is 14.4 Å². The van der Waals surface area contributed by atoms with Crippen molar-refractivity contribution in [3.63, 3.8) is 0 Å². The molecule has 1 N–H and O–H groups in total. The van der Waals surface area contributed by atoms with Gasteiger partial charge >= 0.3 is 5.69 Å². The summed E-state index contributed by atoms with van der Waals surface area (Å²) < 4.78 is 2.13. The second kappa shape index (κ2) is 8.27. The lowest BCUT2D eigenvalue weighted by atomic mass is 10.2. The molecule has 0 fully saturated rings. The van der Waals surface area contributed by atoms with Crippen LogP contribution in [0.3, 0.4) is 0 Å². The van der Waals surface area contributed by atoms with Gasteiger partial charge in [-0.05, 0) is 24.1 Å². The van der Waals surface area contributed by atoms with E-state index in [1.165, 1.54) is 0 Å². The Balaban J connectivity index is 2.17. The number of benzene rings is 2. The van der Waals surface area contributed by atoms with Crippen LogP contribution in [0.4, 0.5) is 0 Å². The van der Waals surface area contributed by atoms with Gasteiger partial charge in [0.25, 0.3) is 11.5 Å². The molecule has 0 bridgehead atoms. The van der Waals surface area contributed by atoms with Gasteiger partial charge in [-0.15, -0.1) is 0 Å². The molecule has 0 atom stereocenters. The standard InChI is InChI=1S/C20H20N4O3/c1-2-13-21-18(25)17-19(26)23(14-15-9-5-3-6-10-15)20(27)24(22-17)16-11-7-4-8-12-16/h3-12H,2,13-14H2,1H3,(H,21,25). The minimum absolute atomic E-state index is 0.0575. The fourth-order valence-corrected chi connectivity index (χ4v) is 2.62. The zero-order valence-corrected chi connectivity index (χ0v) is 15.0. The lowest BCUT2D eigenvalue weighted by Crippen LogP contribution is -2.46. The summed E-state index contributed by atoms with van der Waals surface area (Å²) in [7, 11) is 0. The highest BCUT2D eigenvalue weighted by Crippen LogP contribution is 2.03. The fourth-order valence-electron chi connectivity index (χ4n) is 2.62. The van der Waals surface area contributed by atoms with Crippen LogP contribution < -0.4 is 16.6 Å². The lowest BCUT2D eigenvalue weighted by Gasteiger charge is -2.12. The minimum atomic E-state index is -0.704. The molecule has 0 spiro atoms. The normalized spacial score (nSPS) is 10.6. The number of aromatic nitrogens is 3. The zero-order chi connectivity index (χ0) is 19.2. The number of para-hydroxylation sites is 1. The molecule has 0 saturated carbocycles. The van der Waals surface area contributed by atoms with E-state index in [4.69, 9.17) is 0 Å². The molecule has 3 aromatic rings. The molecule has 1 amide bonds. The van der Waals surface area contributed by atoms with E-state index in [2.05, 4.69) is 10.4 Å². The molecule has 0 radical (unpaired) electrons. The molecule has 2 aromatic carbocycles. The number of amides is 1. The highest BCUT2D eigenvalue weighted by atomic mass is 16.2. The number of nitrogens with one attached hydrogen (secondary N) is 1. The number of hydrogen-bond acceptors (Lipinski definition) is 4. The van der Waals surface area contributed by atoms with Crippen LogP contribution in [0.2, 0.25) is 0 Å². The van der Waals surface area contributed by atoms with E-state index in [1.807, 2.05) is 43.3 Å². The molecule has 0 aliphatic heterocycles. The highest BCUT2D eigenvalue weighted by molar-refractivity contribution is 5.91. The van der Waals surface area contributed by atoms with E-state index in [-0.39, 0.29) is 12.2 Å². The third-order valence-electron chi connectivity index (χ3n) is 3.99. The molecule has 138 valence electrons. The van der Waals surface area contributed by atoms with E-state index < -0.39 is 17.2 Å². The SMILES string of the molecule is CCCNC(=O)c1nn(-c2ccccc2)c(=O)n(Cc2ccccc2)c1=O. The Hall–Kier alpha value is -3.48. The molecule has 1 aromatic heterocycles. The fraction of sp³-hybridized carbons (Fsp3) is 0.200. The van der Waals surface area contributed by atoms with Gasteiger partial charge in [-0.25, -0.2) is 4.79 Å². The van der Waals surface area contributed by atoms with Crippen LogP contribution >= 0.6 is 0 Å². The molecule has 7 nitrogen and oxygen atoms in total. The number of rotatable bonds is 6. The maximum absolute atomic E-state index is 12.9. The van der Waals surface area contributed by atoms with Gasteiger partial charge in [-0.2, -0.15) is 9.78 Å². The van der Waals surface area contributed by atoms with Gasteiger partial charge in [0.15, 0.2) is 0 Å². The number of hydrogen-bond donors (Lipinski definition) is 1. The van der Waals surface area contributed by atoms with Crippen molar-refractivity contribution in [2.75, 3.05) is 6.54 Å². The van der Waals surface area contributed by atoms with Crippen molar-refractivity contribution in [3.05, 3.63) is 92.8 Å². The minimum Gasteiger partial charge on any atom is -0.350 e. The van der Waals surface area contributed by atoms with Crippen molar-refractivity contribution < 1.29 is 4.79 Å². The third-order valence-corrected chi connectivity index (χ3v) is 3.99. The van der Waals surface area contributed by atoms with Crippen molar-refractivity contribution in [2.24, 2.45) is 0 Å². The summed E-state index contributed by atoms with van der Waals surface area (Å²) in [4.78, 5) is 38.1. The van der Waals surface area contributed by atoms with Crippen LogP contribution in [0.25, 0.3) is 5.69 Å². The average molecular weight is 364 g/mol. The maximum Gasteiger partial charge on any atom is 0.352 e. The molecule has 3 rings (SSSR count). The first kappa shape index (κ1) is 18.3. The van der Waals surface area contributed by atoms with Gasteiger partial charge in [-0.3, -0.25) is 14.2 Å². The second-order valence-electron chi connectivity index (χ2n) is 6.01.